The van der Waals surface area contributed by atoms with Gasteiger partial charge in [-0.3, -0.25) is 4.21 Å². The van der Waals surface area contributed by atoms with Crippen LogP contribution >= 0.6 is 0 Å². The third-order valence-electron chi connectivity index (χ3n) is 4.22. The van der Waals surface area contributed by atoms with Crippen molar-refractivity contribution in [1.82, 2.24) is 14.7 Å². The highest BCUT2D eigenvalue weighted by Crippen LogP contribution is 2.25. The minimum atomic E-state index is -0.652. The smallest absolute Gasteiger partial charge is 0.152 e. The Hall–Kier alpha value is -1.40. The topological polar surface area (TPSA) is 49.6 Å². The summed E-state index contributed by atoms with van der Waals surface area (Å²) in [6.45, 7) is 2.53. The molecule has 1 aliphatic carbocycles. The van der Waals surface area contributed by atoms with E-state index >= 15 is 0 Å². The number of nitrogens with zero attached hydrogens (tertiary/aromatic N) is 3. The Balaban J connectivity index is 1.68. The van der Waals surface area contributed by atoms with E-state index in [4.69, 9.17) is 4.98 Å². The molecule has 1 saturated carbocycles. The lowest BCUT2D eigenvalue weighted by Gasteiger charge is -2.27. The van der Waals surface area contributed by atoms with Crippen LogP contribution in [0.2, 0.25) is 0 Å². The van der Waals surface area contributed by atoms with E-state index in [-0.39, 0.29) is 0 Å². The summed E-state index contributed by atoms with van der Waals surface area (Å²) in [5.41, 5.74) is 2.22. The van der Waals surface area contributed by atoms with Gasteiger partial charge in [-0.25, -0.2) is 4.98 Å². The first kappa shape index (κ1) is 13.3. The third-order valence-corrected chi connectivity index (χ3v) is 5.50. The molecule has 5 nitrogen and oxygen atoms in total. The van der Waals surface area contributed by atoms with Crippen LogP contribution in [-0.2, 0) is 17.3 Å². The van der Waals surface area contributed by atoms with Crippen LogP contribution in [0.1, 0.15) is 18.5 Å². The van der Waals surface area contributed by atoms with Crippen LogP contribution < -0.4 is 10.2 Å². The molecule has 2 aliphatic rings. The number of hydrogen-bond donors (Lipinski definition) is 1. The minimum Gasteiger partial charge on any atom is -0.353 e. The molecule has 1 aliphatic heterocycles. The van der Waals surface area contributed by atoms with Crippen LogP contribution in [0.15, 0.2) is 24.4 Å². The van der Waals surface area contributed by atoms with Gasteiger partial charge in [-0.05, 0) is 25.0 Å². The van der Waals surface area contributed by atoms with Crippen molar-refractivity contribution >= 4 is 22.3 Å². The van der Waals surface area contributed by atoms with Gasteiger partial charge in [0.25, 0.3) is 0 Å². The monoisotopic (exact) mass is 304 g/mol. The SMILES string of the molecule is O=S1CCN(c2nc3ccccn3c2CNC2CC2)CC1. The molecule has 6 heteroatoms. The fourth-order valence-corrected chi connectivity index (χ4v) is 3.88. The number of hydrogen-bond acceptors (Lipinski definition) is 4. The number of fused-ring (bicyclic) bond motifs is 1. The summed E-state index contributed by atoms with van der Waals surface area (Å²) < 4.78 is 13.7. The van der Waals surface area contributed by atoms with Crippen LogP contribution in [0, 0.1) is 0 Å². The molecule has 0 bridgehead atoms. The minimum absolute atomic E-state index is 0.652. The zero-order valence-corrected chi connectivity index (χ0v) is 12.8. The average molecular weight is 304 g/mol. The second kappa shape index (κ2) is 5.42. The van der Waals surface area contributed by atoms with Crippen LogP contribution in [0.4, 0.5) is 5.82 Å². The number of rotatable bonds is 4. The lowest BCUT2D eigenvalue weighted by molar-refractivity contribution is 0.660. The van der Waals surface area contributed by atoms with E-state index in [1.807, 2.05) is 18.2 Å². The summed E-state index contributed by atoms with van der Waals surface area (Å²) in [6, 6.07) is 6.80. The summed E-state index contributed by atoms with van der Waals surface area (Å²) >= 11 is 0. The van der Waals surface area contributed by atoms with E-state index in [9.17, 15) is 4.21 Å². The average Bonchev–Trinajstić information content (AvgIpc) is 3.26. The van der Waals surface area contributed by atoms with Gasteiger partial charge in [-0.15, -0.1) is 0 Å². The van der Waals surface area contributed by atoms with Crippen molar-refractivity contribution in [2.24, 2.45) is 0 Å². The maximum absolute atomic E-state index is 11.6. The molecule has 0 spiro atoms. The Kier molecular flexibility index (Phi) is 3.43. The highest BCUT2D eigenvalue weighted by molar-refractivity contribution is 7.85. The lowest BCUT2D eigenvalue weighted by Crippen LogP contribution is -2.38. The molecule has 2 aromatic heterocycles. The van der Waals surface area contributed by atoms with Gasteiger partial charge in [-0.2, -0.15) is 0 Å². The Bertz CT molecular complexity index is 669. The van der Waals surface area contributed by atoms with Gasteiger partial charge in [-0.1, -0.05) is 6.07 Å². The van der Waals surface area contributed by atoms with E-state index in [2.05, 4.69) is 20.8 Å². The largest absolute Gasteiger partial charge is 0.353 e. The lowest BCUT2D eigenvalue weighted by atomic mass is 10.3. The van der Waals surface area contributed by atoms with Crippen molar-refractivity contribution in [2.75, 3.05) is 29.5 Å². The van der Waals surface area contributed by atoms with Crippen molar-refractivity contribution in [3.8, 4) is 0 Å². The molecule has 2 fully saturated rings. The van der Waals surface area contributed by atoms with Gasteiger partial charge in [0.2, 0.25) is 0 Å². The van der Waals surface area contributed by atoms with Gasteiger partial charge in [0, 0.05) is 54.2 Å². The first-order valence-electron chi connectivity index (χ1n) is 7.60. The molecule has 112 valence electrons. The number of pyridine rings is 1. The van der Waals surface area contributed by atoms with Crippen LogP contribution in [0.25, 0.3) is 5.65 Å². The van der Waals surface area contributed by atoms with Gasteiger partial charge in [0.15, 0.2) is 5.82 Å². The zero-order chi connectivity index (χ0) is 14.2. The summed E-state index contributed by atoms with van der Waals surface area (Å²) in [7, 11) is -0.652. The number of imidazole rings is 1. The van der Waals surface area contributed by atoms with E-state index < -0.39 is 10.8 Å². The van der Waals surface area contributed by atoms with Gasteiger partial charge < -0.3 is 14.6 Å². The van der Waals surface area contributed by atoms with Crippen LogP contribution in [0.5, 0.6) is 0 Å². The molecule has 0 aromatic carbocycles. The maximum atomic E-state index is 11.6. The quantitative estimate of drug-likeness (QED) is 0.921. The molecule has 0 unspecified atom stereocenters. The molecule has 4 rings (SSSR count). The Labute approximate surface area is 126 Å². The maximum Gasteiger partial charge on any atom is 0.152 e. The highest BCUT2D eigenvalue weighted by Gasteiger charge is 2.25. The van der Waals surface area contributed by atoms with E-state index in [1.54, 1.807) is 0 Å². The predicted molar refractivity (Wildman–Crippen MR) is 85.1 cm³/mol. The van der Waals surface area contributed by atoms with Crippen molar-refractivity contribution in [1.29, 1.82) is 0 Å². The number of anilines is 1. The Morgan fingerprint density at radius 2 is 2.10 bits per heavy atom. The van der Waals surface area contributed by atoms with E-state index in [0.717, 1.165) is 42.6 Å². The van der Waals surface area contributed by atoms with Gasteiger partial charge in [0.1, 0.15) is 5.65 Å². The normalized spacial score (nSPS) is 20.3. The van der Waals surface area contributed by atoms with Crippen LogP contribution in [0.3, 0.4) is 0 Å². The van der Waals surface area contributed by atoms with Crippen molar-refractivity contribution < 1.29 is 4.21 Å². The first-order chi connectivity index (χ1) is 10.3. The first-order valence-corrected chi connectivity index (χ1v) is 9.09. The summed E-state index contributed by atoms with van der Waals surface area (Å²) in [5, 5.41) is 3.59. The van der Waals surface area contributed by atoms with E-state index in [0.29, 0.717) is 6.04 Å². The van der Waals surface area contributed by atoms with Crippen molar-refractivity contribution in [3.63, 3.8) is 0 Å². The Morgan fingerprint density at radius 1 is 1.29 bits per heavy atom. The summed E-state index contributed by atoms with van der Waals surface area (Å²) in [6.07, 6.45) is 4.65. The zero-order valence-electron chi connectivity index (χ0n) is 12.0. The molecule has 3 heterocycles. The second-order valence-electron chi connectivity index (χ2n) is 5.80. The molecular weight excluding hydrogens is 284 g/mol. The predicted octanol–water partition coefficient (Wildman–Crippen LogP) is 1.16. The molecule has 1 N–H and O–H groups in total. The Morgan fingerprint density at radius 3 is 2.86 bits per heavy atom. The van der Waals surface area contributed by atoms with Gasteiger partial charge >= 0.3 is 0 Å². The number of nitrogens with one attached hydrogen (secondary N) is 1. The summed E-state index contributed by atoms with van der Waals surface area (Å²) in [4.78, 5) is 7.10. The van der Waals surface area contributed by atoms with Gasteiger partial charge in [0.05, 0.1) is 5.69 Å². The molecule has 2 aromatic rings. The fourth-order valence-electron chi connectivity index (χ4n) is 2.83. The summed E-state index contributed by atoms with van der Waals surface area (Å²) in [5.74, 6) is 2.57. The molecule has 21 heavy (non-hydrogen) atoms. The van der Waals surface area contributed by atoms with E-state index in [1.165, 1.54) is 18.5 Å². The molecular formula is C15H20N4OS. The number of aromatic nitrogens is 2. The highest BCUT2D eigenvalue weighted by atomic mass is 32.2. The molecule has 1 saturated heterocycles. The molecule has 0 amide bonds. The molecule has 0 radical (unpaired) electrons. The van der Waals surface area contributed by atoms with Crippen molar-refractivity contribution in [3.05, 3.63) is 30.1 Å². The second-order valence-corrected chi connectivity index (χ2v) is 7.50. The third kappa shape index (κ3) is 2.70. The van der Waals surface area contributed by atoms with Crippen LogP contribution in [-0.4, -0.2) is 44.2 Å². The molecule has 0 atom stereocenters. The standard InChI is InChI=1S/C15H20N4OS/c20-21-9-7-18(8-10-21)15-13(11-16-12-4-5-12)19-6-2-1-3-14(19)17-15/h1-3,6,12,16H,4-5,7-11H2. The van der Waals surface area contributed by atoms with Crippen molar-refractivity contribution in [2.45, 2.75) is 25.4 Å². The fraction of sp³-hybridized carbons (Fsp3) is 0.533.